The zero-order valence-electron chi connectivity index (χ0n) is 13.6. The summed E-state index contributed by atoms with van der Waals surface area (Å²) in [5.74, 6) is 0.512. The van der Waals surface area contributed by atoms with Crippen molar-refractivity contribution in [3.05, 3.63) is 76.9 Å². The van der Waals surface area contributed by atoms with E-state index in [1.165, 1.54) is 0 Å². The van der Waals surface area contributed by atoms with E-state index in [2.05, 4.69) is 25.9 Å². The van der Waals surface area contributed by atoms with E-state index in [-0.39, 0.29) is 12.4 Å². The second-order valence-electron chi connectivity index (χ2n) is 5.64. The van der Waals surface area contributed by atoms with Crippen molar-refractivity contribution < 1.29 is 13.9 Å². The van der Waals surface area contributed by atoms with Crippen molar-refractivity contribution in [3.63, 3.8) is 0 Å². The molecule has 0 spiro atoms. The number of nitrogens with zero attached hydrogens (tertiary/aromatic N) is 2. The minimum atomic E-state index is -0.337. The lowest BCUT2D eigenvalue weighted by Gasteiger charge is -2.04. The van der Waals surface area contributed by atoms with E-state index in [0.29, 0.717) is 28.4 Å². The number of hydrogen-bond donors (Lipinski definition) is 0. The van der Waals surface area contributed by atoms with E-state index in [1.807, 2.05) is 42.5 Å². The Morgan fingerprint density at radius 2 is 1.92 bits per heavy atom. The quantitative estimate of drug-likeness (QED) is 0.358. The van der Waals surface area contributed by atoms with Crippen molar-refractivity contribution in [2.75, 3.05) is 0 Å². The normalized spacial score (nSPS) is 10.8. The number of carbonyl (C=O) groups excluding carboxylic acids is 1. The topological polar surface area (TPSA) is 65.2 Å². The maximum Gasteiger partial charge on any atom is 0.315 e. The summed E-state index contributed by atoms with van der Waals surface area (Å²) in [5, 5.41) is 0. The summed E-state index contributed by atoms with van der Waals surface area (Å²) < 4.78 is 12.1. The van der Waals surface area contributed by atoms with Crippen LogP contribution in [0.2, 0.25) is 0 Å². The Hall–Kier alpha value is -2.99. The van der Waals surface area contributed by atoms with E-state index in [9.17, 15) is 4.79 Å². The number of oxazole rings is 1. The minimum Gasteiger partial charge on any atom is -0.435 e. The molecule has 0 unspecified atom stereocenters. The van der Waals surface area contributed by atoms with Crippen LogP contribution in [-0.4, -0.2) is 15.9 Å². The standard InChI is InChI=1S/C20H13BrN2O3/c21-14-6-4-13(5-7-14)11-19(24)25-15-8-9-16-18(12-15)26-20(23-16)17-3-1-2-10-22-17/h1-10,12H,11H2. The van der Waals surface area contributed by atoms with Crippen LogP contribution in [0.3, 0.4) is 0 Å². The number of ether oxygens (including phenoxy) is 1. The van der Waals surface area contributed by atoms with E-state index >= 15 is 0 Å². The van der Waals surface area contributed by atoms with Gasteiger partial charge in [0.05, 0.1) is 6.42 Å². The molecule has 2 aromatic heterocycles. The Labute approximate surface area is 157 Å². The predicted octanol–water partition coefficient (Wildman–Crippen LogP) is 4.80. The highest BCUT2D eigenvalue weighted by atomic mass is 79.9. The SMILES string of the molecule is O=C(Cc1ccc(Br)cc1)Oc1ccc2nc(-c3ccccn3)oc2c1. The molecule has 2 heterocycles. The fourth-order valence-electron chi connectivity index (χ4n) is 2.50. The highest BCUT2D eigenvalue weighted by Gasteiger charge is 2.12. The van der Waals surface area contributed by atoms with Gasteiger partial charge in [0, 0.05) is 16.7 Å². The summed E-state index contributed by atoms with van der Waals surface area (Å²) in [5.41, 5.74) is 2.76. The number of benzene rings is 2. The molecule has 0 aliphatic heterocycles. The van der Waals surface area contributed by atoms with Crippen LogP contribution in [0.5, 0.6) is 5.75 Å². The highest BCUT2D eigenvalue weighted by molar-refractivity contribution is 9.10. The van der Waals surface area contributed by atoms with Gasteiger partial charge in [0.2, 0.25) is 5.89 Å². The molecule has 0 saturated heterocycles. The Bertz CT molecular complexity index is 1060. The first-order valence-corrected chi connectivity index (χ1v) is 8.74. The van der Waals surface area contributed by atoms with Crippen LogP contribution in [0.1, 0.15) is 5.56 Å². The summed E-state index contributed by atoms with van der Waals surface area (Å²) in [6.45, 7) is 0. The smallest absolute Gasteiger partial charge is 0.315 e. The Kier molecular flexibility index (Phi) is 4.50. The zero-order valence-corrected chi connectivity index (χ0v) is 15.1. The lowest BCUT2D eigenvalue weighted by molar-refractivity contribution is -0.133. The van der Waals surface area contributed by atoms with Gasteiger partial charge in [0.15, 0.2) is 5.58 Å². The molecule has 4 rings (SSSR count). The molecule has 0 bridgehead atoms. The Morgan fingerprint density at radius 1 is 1.08 bits per heavy atom. The largest absolute Gasteiger partial charge is 0.435 e. The summed E-state index contributed by atoms with van der Waals surface area (Å²) >= 11 is 3.37. The second kappa shape index (κ2) is 7.09. The lowest BCUT2D eigenvalue weighted by atomic mass is 10.1. The minimum absolute atomic E-state index is 0.195. The average Bonchev–Trinajstić information content (AvgIpc) is 3.08. The molecule has 0 N–H and O–H groups in total. The number of esters is 1. The van der Waals surface area contributed by atoms with E-state index < -0.39 is 0 Å². The summed E-state index contributed by atoms with van der Waals surface area (Å²) in [7, 11) is 0. The van der Waals surface area contributed by atoms with Crippen LogP contribution >= 0.6 is 15.9 Å². The summed E-state index contributed by atoms with van der Waals surface area (Å²) in [6, 6.07) is 18.2. The third-order valence-corrected chi connectivity index (χ3v) is 4.27. The molecule has 26 heavy (non-hydrogen) atoms. The first-order valence-electron chi connectivity index (χ1n) is 7.94. The van der Waals surface area contributed by atoms with Crippen LogP contribution in [-0.2, 0) is 11.2 Å². The molecule has 0 saturated carbocycles. The number of aromatic nitrogens is 2. The van der Waals surface area contributed by atoms with E-state index in [1.54, 1.807) is 24.4 Å². The van der Waals surface area contributed by atoms with Gasteiger partial charge in [-0.2, -0.15) is 0 Å². The summed E-state index contributed by atoms with van der Waals surface area (Å²) in [4.78, 5) is 20.8. The van der Waals surface area contributed by atoms with Gasteiger partial charge < -0.3 is 9.15 Å². The van der Waals surface area contributed by atoms with Crippen LogP contribution in [0, 0.1) is 0 Å². The number of rotatable bonds is 4. The van der Waals surface area contributed by atoms with Crippen LogP contribution in [0.25, 0.3) is 22.7 Å². The van der Waals surface area contributed by atoms with Crippen molar-refractivity contribution in [2.24, 2.45) is 0 Å². The molecular formula is C20H13BrN2O3. The molecule has 6 heteroatoms. The van der Waals surface area contributed by atoms with Gasteiger partial charge in [0.25, 0.3) is 0 Å². The molecule has 0 aliphatic carbocycles. The molecule has 4 aromatic rings. The second-order valence-corrected chi connectivity index (χ2v) is 6.56. The number of pyridine rings is 1. The predicted molar refractivity (Wildman–Crippen MR) is 101 cm³/mol. The average molecular weight is 409 g/mol. The number of halogens is 1. The van der Waals surface area contributed by atoms with E-state index in [4.69, 9.17) is 9.15 Å². The molecule has 5 nitrogen and oxygen atoms in total. The molecule has 0 aliphatic rings. The van der Waals surface area contributed by atoms with Crippen LogP contribution in [0.4, 0.5) is 0 Å². The van der Waals surface area contributed by atoms with Crippen LogP contribution < -0.4 is 4.74 Å². The summed E-state index contributed by atoms with van der Waals surface area (Å²) in [6.07, 6.45) is 1.88. The van der Waals surface area contributed by atoms with Gasteiger partial charge in [-0.25, -0.2) is 4.98 Å². The highest BCUT2D eigenvalue weighted by Crippen LogP contribution is 2.26. The fraction of sp³-hybridized carbons (Fsp3) is 0.0500. The fourth-order valence-corrected chi connectivity index (χ4v) is 2.77. The van der Waals surface area contributed by atoms with Crippen molar-refractivity contribution >= 4 is 33.0 Å². The number of carbonyl (C=O) groups is 1. The number of hydrogen-bond acceptors (Lipinski definition) is 5. The molecule has 128 valence electrons. The maximum atomic E-state index is 12.1. The molecule has 2 aromatic carbocycles. The van der Waals surface area contributed by atoms with Gasteiger partial charge in [-0.3, -0.25) is 9.78 Å². The monoisotopic (exact) mass is 408 g/mol. The molecule has 0 amide bonds. The third kappa shape index (κ3) is 3.65. The van der Waals surface area contributed by atoms with Crippen LogP contribution in [0.15, 0.2) is 75.8 Å². The first-order chi connectivity index (χ1) is 12.7. The van der Waals surface area contributed by atoms with Gasteiger partial charge in [-0.1, -0.05) is 34.1 Å². The van der Waals surface area contributed by atoms with Crippen molar-refractivity contribution in [1.29, 1.82) is 0 Å². The van der Waals surface area contributed by atoms with Gasteiger partial charge in [-0.15, -0.1) is 0 Å². The molecule has 0 radical (unpaired) electrons. The maximum absolute atomic E-state index is 12.1. The van der Waals surface area contributed by atoms with E-state index in [0.717, 1.165) is 10.0 Å². The van der Waals surface area contributed by atoms with Gasteiger partial charge >= 0.3 is 5.97 Å². The van der Waals surface area contributed by atoms with Crippen molar-refractivity contribution in [3.8, 4) is 17.3 Å². The van der Waals surface area contributed by atoms with Gasteiger partial charge in [-0.05, 0) is 42.0 Å². The Balaban J connectivity index is 1.52. The molecule has 0 atom stereocenters. The zero-order chi connectivity index (χ0) is 17.9. The first kappa shape index (κ1) is 16.5. The lowest BCUT2D eigenvalue weighted by Crippen LogP contribution is -2.11. The van der Waals surface area contributed by atoms with Crippen molar-refractivity contribution in [2.45, 2.75) is 6.42 Å². The van der Waals surface area contributed by atoms with Gasteiger partial charge in [0.1, 0.15) is 17.0 Å². The van der Waals surface area contributed by atoms with Crippen molar-refractivity contribution in [1.82, 2.24) is 9.97 Å². The Morgan fingerprint density at radius 3 is 2.69 bits per heavy atom. The third-order valence-electron chi connectivity index (χ3n) is 3.74. The number of fused-ring (bicyclic) bond motifs is 1. The molecular weight excluding hydrogens is 396 g/mol. The molecule has 0 fully saturated rings.